The summed E-state index contributed by atoms with van der Waals surface area (Å²) >= 11 is 5.53. The fourth-order valence-electron chi connectivity index (χ4n) is 1.49. The van der Waals surface area contributed by atoms with Crippen LogP contribution in [0.4, 0.5) is 0 Å². The Labute approximate surface area is 96.1 Å². The van der Waals surface area contributed by atoms with Crippen molar-refractivity contribution in [2.45, 2.75) is 46.5 Å². The van der Waals surface area contributed by atoms with Crippen LogP contribution in [0, 0.1) is 5.41 Å². The van der Waals surface area contributed by atoms with E-state index < -0.39 is 16.6 Å². The first-order valence-electron chi connectivity index (χ1n) is 5.42. The first-order chi connectivity index (χ1) is 7.05. The second kappa shape index (κ2) is 6.83. The molecule has 0 N–H and O–H groups in total. The van der Waals surface area contributed by atoms with E-state index in [0.717, 1.165) is 12.8 Å². The quantitative estimate of drug-likeness (QED) is 0.387. The molecule has 0 radical (unpaired) electrons. The molecule has 0 aliphatic rings. The van der Waals surface area contributed by atoms with Crippen LogP contribution < -0.4 is 0 Å². The highest BCUT2D eigenvalue weighted by Gasteiger charge is 2.43. The van der Waals surface area contributed by atoms with Gasteiger partial charge in [0.2, 0.25) is 5.24 Å². The van der Waals surface area contributed by atoms with Crippen molar-refractivity contribution in [1.29, 1.82) is 0 Å². The molecule has 3 nitrogen and oxygen atoms in total. The van der Waals surface area contributed by atoms with Crippen LogP contribution in [0.3, 0.4) is 0 Å². The number of hydrogen-bond donors (Lipinski definition) is 0. The summed E-state index contributed by atoms with van der Waals surface area (Å²) in [6, 6.07) is 0. The number of esters is 1. The molecule has 1 unspecified atom stereocenters. The van der Waals surface area contributed by atoms with Gasteiger partial charge in [0.05, 0.1) is 6.61 Å². The Kier molecular flexibility index (Phi) is 6.57. The van der Waals surface area contributed by atoms with E-state index in [9.17, 15) is 9.59 Å². The molecule has 0 aliphatic carbocycles. The van der Waals surface area contributed by atoms with Crippen LogP contribution in [0.5, 0.6) is 0 Å². The van der Waals surface area contributed by atoms with Crippen LogP contribution in [0.15, 0.2) is 0 Å². The maximum Gasteiger partial charge on any atom is 0.320 e. The Hall–Kier alpha value is -0.570. The molecule has 0 amide bonds. The summed E-state index contributed by atoms with van der Waals surface area (Å²) in [5.41, 5.74) is -1.13. The smallest absolute Gasteiger partial charge is 0.320 e. The summed E-state index contributed by atoms with van der Waals surface area (Å²) in [7, 11) is 0. The van der Waals surface area contributed by atoms with Crippen molar-refractivity contribution in [2.75, 3.05) is 6.61 Å². The Morgan fingerprint density at radius 1 is 1.27 bits per heavy atom. The Balaban J connectivity index is 4.79. The predicted octanol–water partition coefficient (Wildman–Crippen LogP) is 2.90. The number of ether oxygens (including phenoxy) is 1. The van der Waals surface area contributed by atoms with Crippen molar-refractivity contribution in [3.05, 3.63) is 0 Å². The molecule has 0 saturated carbocycles. The molecule has 0 bridgehead atoms. The van der Waals surface area contributed by atoms with Gasteiger partial charge in [-0.25, -0.2) is 0 Å². The molecule has 0 aromatic rings. The first kappa shape index (κ1) is 14.4. The fourth-order valence-corrected chi connectivity index (χ4v) is 1.79. The third-order valence-corrected chi connectivity index (χ3v) is 2.96. The van der Waals surface area contributed by atoms with Crippen molar-refractivity contribution < 1.29 is 14.3 Å². The van der Waals surface area contributed by atoms with Gasteiger partial charge < -0.3 is 4.74 Å². The summed E-state index contributed by atoms with van der Waals surface area (Å²) in [5.74, 6) is -0.485. The highest BCUT2D eigenvalue weighted by atomic mass is 35.5. The minimum atomic E-state index is -1.13. The third kappa shape index (κ3) is 3.49. The van der Waals surface area contributed by atoms with Gasteiger partial charge in [-0.15, -0.1) is 0 Å². The molecule has 0 fully saturated rings. The third-order valence-electron chi connectivity index (χ3n) is 2.60. The van der Waals surface area contributed by atoms with E-state index in [1.165, 1.54) is 0 Å². The normalized spacial score (nSPS) is 14.4. The van der Waals surface area contributed by atoms with Gasteiger partial charge in [0, 0.05) is 0 Å². The number of rotatable bonds is 7. The molecule has 1 atom stereocenters. The van der Waals surface area contributed by atoms with Crippen LogP contribution in [0.1, 0.15) is 46.5 Å². The second-order valence-electron chi connectivity index (χ2n) is 3.53. The molecule has 0 rings (SSSR count). The van der Waals surface area contributed by atoms with Crippen molar-refractivity contribution in [2.24, 2.45) is 5.41 Å². The van der Waals surface area contributed by atoms with Crippen LogP contribution >= 0.6 is 11.6 Å². The molecule has 0 aromatic heterocycles. The van der Waals surface area contributed by atoms with E-state index in [1.54, 1.807) is 13.8 Å². The van der Waals surface area contributed by atoms with Crippen molar-refractivity contribution in [1.82, 2.24) is 0 Å². The van der Waals surface area contributed by atoms with Crippen molar-refractivity contribution in [3.63, 3.8) is 0 Å². The lowest BCUT2D eigenvalue weighted by molar-refractivity contribution is -0.158. The monoisotopic (exact) mass is 234 g/mol. The zero-order valence-corrected chi connectivity index (χ0v) is 10.4. The molecular formula is C11H19ClO3. The minimum Gasteiger partial charge on any atom is -0.465 e. The van der Waals surface area contributed by atoms with E-state index in [0.29, 0.717) is 12.8 Å². The summed E-state index contributed by atoms with van der Waals surface area (Å²) < 4.78 is 4.91. The largest absolute Gasteiger partial charge is 0.465 e. The topological polar surface area (TPSA) is 43.4 Å². The lowest BCUT2D eigenvalue weighted by atomic mass is 9.81. The number of unbranched alkanes of at least 4 members (excludes halogenated alkanes) is 1. The molecular weight excluding hydrogens is 216 g/mol. The van der Waals surface area contributed by atoms with Crippen molar-refractivity contribution in [3.8, 4) is 0 Å². The molecule has 0 heterocycles. The van der Waals surface area contributed by atoms with Gasteiger partial charge in [-0.1, -0.05) is 26.7 Å². The van der Waals surface area contributed by atoms with Gasteiger partial charge in [0.1, 0.15) is 5.41 Å². The maximum atomic E-state index is 11.7. The van der Waals surface area contributed by atoms with Crippen LogP contribution in [0.25, 0.3) is 0 Å². The van der Waals surface area contributed by atoms with Crippen LogP contribution in [0.2, 0.25) is 0 Å². The lowest BCUT2D eigenvalue weighted by Gasteiger charge is -2.25. The van der Waals surface area contributed by atoms with Gasteiger partial charge in [-0.3, -0.25) is 9.59 Å². The SMILES string of the molecule is CCCCC(CC)(C(=O)Cl)C(=O)OCC. The molecule has 0 aromatic carbocycles. The second-order valence-corrected chi connectivity index (χ2v) is 3.88. The number of hydrogen-bond acceptors (Lipinski definition) is 3. The summed E-state index contributed by atoms with van der Waals surface area (Å²) in [4.78, 5) is 23.1. The minimum absolute atomic E-state index is 0.275. The Morgan fingerprint density at radius 3 is 2.20 bits per heavy atom. The molecule has 88 valence electrons. The average molecular weight is 235 g/mol. The number of halogens is 1. The fraction of sp³-hybridized carbons (Fsp3) is 0.818. The highest BCUT2D eigenvalue weighted by molar-refractivity contribution is 6.66. The van der Waals surface area contributed by atoms with Gasteiger partial charge in [-0.2, -0.15) is 0 Å². The van der Waals surface area contributed by atoms with E-state index in [2.05, 4.69) is 0 Å². The van der Waals surface area contributed by atoms with E-state index >= 15 is 0 Å². The van der Waals surface area contributed by atoms with Gasteiger partial charge in [0.25, 0.3) is 0 Å². The lowest BCUT2D eigenvalue weighted by Crippen LogP contribution is -2.38. The summed E-state index contributed by atoms with van der Waals surface area (Å²) in [5, 5.41) is -0.600. The average Bonchev–Trinajstić information content (AvgIpc) is 2.19. The van der Waals surface area contributed by atoms with E-state index in [1.807, 2.05) is 6.92 Å². The molecule has 0 saturated heterocycles. The van der Waals surface area contributed by atoms with E-state index in [4.69, 9.17) is 16.3 Å². The summed E-state index contributed by atoms with van der Waals surface area (Å²) in [6.07, 6.45) is 2.59. The predicted molar refractivity (Wildman–Crippen MR) is 59.7 cm³/mol. The van der Waals surface area contributed by atoms with Crippen LogP contribution in [-0.4, -0.2) is 17.8 Å². The van der Waals surface area contributed by atoms with Gasteiger partial charge in [0.15, 0.2) is 0 Å². The zero-order valence-electron chi connectivity index (χ0n) is 9.64. The van der Waals surface area contributed by atoms with Crippen LogP contribution in [-0.2, 0) is 14.3 Å². The Morgan fingerprint density at radius 2 is 1.87 bits per heavy atom. The number of carbonyl (C=O) groups is 2. The maximum absolute atomic E-state index is 11.7. The molecule has 4 heteroatoms. The standard InChI is InChI=1S/C11H19ClO3/c1-4-7-8-11(5-2,9(12)13)10(14)15-6-3/h4-8H2,1-3H3. The Bertz CT molecular complexity index is 228. The number of carbonyl (C=O) groups excluding carboxylic acids is 2. The summed E-state index contributed by atoms with van der Waals surface area (Å²) in [6.45, 7) is 5.78. The van der Waals surface area contributed by atoms with Crippen molar-refractivity contribution >= 4 is 22.8 Å². The zero-order chi connectivity index (χ0) is 11.9. The van der Waals surface area contributed by atoms with Gasteiger partial charge >= 0.3 is 5.97 Å². The van der Waals surface area contributed by atoms with Gasteiger partial charge in [-0.05, 0) is 31.4 Å². The molecule has 0 aliphatic heterocycles. The highest BCUT2D eigenvalue weighted by Crippen LogP contribution is 2.33. The van der Waals surface area contributed by atoms with E-state index in [-0.39, 0.29) is 6.61 Å². The molecule has 0 spiro atoms. The first-order valence-corrected chi connectivity index (χ1v) is 5.80. The molecule has 15 heavy (non-hydrogen) atoms.